The summed E-state index contributed by atoms with van der Waals surface area (Å²) in [5.41, 5.74) is 1.38. The highest BCUT2D eigenvalue weighted by molar-refractivity contribution is 6.07. The fraction of sp³-hybridized carbons (Fsp3) is 0.318. The average molecular weight is 410 g/mol. The van der Waals surface area contributed by atoms with Crippen molar-refractivity contribution < 1.29 is 18.7 Å². The van der Waals surface area contributed by atoms with Crippen LogP contribution in [0.2, 0.25) is 0 Å². The molecule has 156 valence electrons. The minimum absolute atomic E-state index is 0.131. The van der Waals surface area contributed by atoms with Gasteiger partial charge in [0.1, 0.15) is 5.82 Å². The number of nitriles is 1. The maximum atomic E-state index is 14.3. The minimum atomic E-state index is -0.784. The first-order valence-corrected chi connectivity index (χ1v) is 9.67. The van der Waals surface area contributed by atoms with Gasteiger partial charge in [-0.25, -0.2) is 9.18 Å². The van der Waals surface area contributed by atoms with Crippen molar-refractivity contribution in [2.24, 2.45) is 0 Å². The van der Waals surface area contributed by atoms with E-state index in [0.29, 0.717) is 5.69 Å². The Morgan fingerprint density at radius 1 is 1.17 bits per heavy atom. The number of ether oxygens (including phenoxy) is 1. The molecule has 0 aliphatic carbocycles. The quantitative estimate of drug-likeness (QED) is 0.763. The number of carbonyl (C=O) groups excluding carboxylic acids is 2. The third-order valence-electron chi connectivity index (χ3n) is 5.17. The molecule has 1 saturated heterocycles. The fourth-order valence-corrected chi connectivity index (χ4v) is 3.42. The summed E-state index contributed by atoms with van der Waals surface area (Å²) in [6, 6.07) is 10.5. The van der Waals surface area contributed by atoms with Crippen LogP contribution in [0.15, 0.2) is 36.4 Å². The van der Waals surface area contributed by atoms with Crippen molar-refractivity contribution >= 4 is 23.3 Å². The number of rotatable bonds is 5. The third kappa shape index (κ3) is 4.58. The first-order valence-electron chi connectivity index (χ1n) is 9.67. The first-order chi connectivity index (χ1) is 14.5. The van der Waals surface area contributed by atoms with Crippen molar-refractivity contribution in [1.29, 1.82) is 5.26 Å². The van der Waals surface area contributed by atoms with Gasteiger partial charge in [-0.1, -0.05) is 6.92 Å². The van der Waals surface area contributed by atoms with E-state index in [9.17, 15) is 14.0 Å². The Hall–Kier alpha value is -3.44. The zero-order chi connectivity index (χ0) is 21.7. The van der Waals surface area contributed by atoms with Gasteiger partial charge in [0, 0.05) is 26.2 Å². The number of nitrogens with one attached hydrogen (secondary N) is 1. The summed E-state index contributed by atoms with van der Waals surface area (Å²) in [5.74, 6) is -1.97. The maximum absolute atomic E-state index is 14.3. The molecule has 0 spiro atoms. The highest BCUT2D eigenvalue weighted by atomic mass is 19.1. The van der Waals surface area contributed by atoms with E-state index < -0.39 is 17.7 Å². The van der Waals surface area contributed by atoms with Gasteiger partial charge in [0.2, 0.25) is 0 Å². The summed E-state index contributed by atoms with van der Waals surface area (Å²) < 4.78 is 19.1. The molecular weight excluding hydrogens is 387 g/mol. The van der Waals surface area contributed by atoms with Crippen LogP contribution < -0.4 is 10.2 Å². The monoisotopic (exact) mass is 410 g/mol. The molecule has 1 fully saturated rings. The second-order valence-electron chi connectivity index (χ2n) is 6.91. The number of anilines is 2. The molecule has 2 aromatic carbocycles. The maximum Gasteiger partial charge on any atom is 0.337 e. The van der Waals surface area contributed by atoms with Crippen LogP contribution >= 0.6 is 0 Å². The Labute approximate surface area is 174 Å². The second kappa shape index (κ2) is 9.37. The molecule has 30 heavy (non-hydrogen) atoms. The van der Waals surface area contributed by atoms with E-state index in [2.05, 4.69) is 22.0 Å². The van der Waals surface area contributed by atoms with E-state index in [1.165, 1.54) is 25.3 Å². The largest absolute Gasteiger partial charge is 0.465 e. The normalized spacial score (nSPS) is 14.1. The first kappa shape index (κ1) is 21.3. The second-order valence-corrected chi connectivity index (χ2v) is 6.91. The molecule has 0 unspecified atom stereocenters. The predicted octanol–water partition coefficient (Wildman–Crippen LogP) is 2.88. The van der Waals surface area contributed by atoms with Gasteiger partial charge in [-0.05, 0) is 42.9 Å². The van der Waals surface area contributed by atoms with Crippen LogP contribution in [0.1, 0.15) is 33.2 Å². The van der Waals surface area contributed by atoms with Gasteiger partial charge in [-0.15, -0.1) is 0 Å². The van der Waals surface area contributed by atoms with E-state index in [1.54, 1.807) is 12.1 Å². The van der Waals surface area contributed by atoms with E-state index in [-0.39, 0.29) is 16.7 Å². The summed E-state index contributed by atoms with van der Waals surface area (Å²) >= 11 is 0. The lowest BCUT2D eigenvalue weighted by atomic mass is 10.1. The van der Waals surface area contributed by atoms with Gasteiger partial charge in [-0.2, -0.15) is 5.26 Å². The van der Waals surface area contributed by atoms with Crippen LogP contribution in [0.3, 0.4) is 0 Å². The van der Waals surface area contributed by atoms with Crippen LogP contribution in [0.25, 0.3) is 0 Å². The zero-order valence-corrected chi connectivity index (χ0v) is 16.9. The molecule has 1 amide bonds. The Bertz CT molecular complexity index is 994. The van der Waals surface area contributed by atoms with Gasteiger partial charge in [0.05, 0.1) is 41.2 Å². The molecule has 1 aliphatic rings. The van der Waals surface area contributed by atoms with E-state index >= 15 is 0 Å². The molecule has 0 bridgehead atoms. The molecule has 7 nitrogen and oxygen atoms in total. The standard InChI is InChI=1S/C22H23FN4O3/c1-3-26-8-10-27(11-9-26)20-7-5-16(22(29)30-2)13-19(20)25-21(28)17-6-4-15(14-24)12-18(17)23/h4-7,12-13H,3,8-11H2,1-2H3,(H,25,28). The van der Waals surface area contributed by atoms with Crippen molar-refractivity contribution in [3.8, 4) is 6.07 Å². The topological polar surface area (TPSA) is 85.7 Å². The fourth-order valence-electron chi connectivity index (χ4n) is 3.42. The molecule has 3 rings (SSSR count). The smallest absolute Gasteiger partial charge is 0.337 e. The van der Waals surface area contributed by atoms with Crippen molar-refractivity contribution in [3.63, 3.8) is 0 Å². The molecule has 0 radical (unpaired) electrons. The number of carbonyl (C=O) groups is 2. The van der Waals surface area contributed by atoms with Gasteiger partial charge >= 0.3 is 5.97 Å². The number of halogens is 1. The Morgan fingerprint density at radius 2 is 1.90 bits per heavy atom. The molecular formula is C22H23FN4O3. The Balaban J connectivity index is 1.91. The van der Waals surface area contributed by atoms with Gasteiger partial charge in [0.15, 0.2) is 0 Å². The Morgan fingerprint density at radius 3 is 2.50 bits per heavy atom. The minimum Gasteiger partial charge on any atom is -0.465 e. The molecule has 1 heterocycles. The number of methoxy groups -OCH3 is 1. The number of likely N-dealkylation sites (N-methyl/N-ethyl adjacent to an activating group) is 1. The lowest BCUT2D eigenvalue weighted by Gasteiger charge is -2.36. The van der Waals surface area contributed by atoms with Crippen molar-refractivity contribution in [2.45, 2.75) is 6.92 Å². The van der Waals surface area contributed by atoms with Crippen molar-refractivity contribution in [1.82, 2.24) is 4.90 Å². The number of nitrogens with zero attached hydrogens (tertiary/aromatic N) is 3. The van der Waals surface area contributed by atoms with Crippen molar-refractivity contribution in [3.05, 3.63) is 58.9 Å². The molecule has 1 N–H and O–H groups in total. The number of amides is 1. The summed E-state index contributed by atoms with van der Waals surface area (Å²) in [5, 5.41) is 11.6. The summed E-state index contributed by atoms with van der Waals surface area (Å²) in [7, 11) is 1.28. The van der Waals surface area contributed by atoms with E-state index in [4.69, 9.17) is 10.00 Å². The predicted molar refractivity (Wildman–Crippen MR) is 111 cm³/mol. The highest BCUT2D eigenvalue weighted by Gasteiger charge is 2.22. The number of hydrogen-bond acceptors (Lipinski definition) is 6. The molecule has 2 aromatic rings. The zero-order valence-electron chi connectivity index (χ0n) is 16.9. The van der Waals surface area contributed by atoms with Crippen LogP contribution in [0, 0.1) is 17.1 Å². The molecule has 0 atom stereocenters. The number of piperazine rings is 1. The van der Waals surface area contributed by atoms with Crippen LogP contribution in [0.4, 0.5) is 15.8 Å². The van der Waals surface area contributed by atoms with E-state index in [1.807, 2.05) is 6.07 Å². The molecule has 0 saturated carbocycles. The highest BCUT2D eigenvalue weighted by Crippen LogP contribution is 2.29. The SMILES string of the molecule is CCN1CCN(c2ccc(C(=O)OC)cc2NC(=O)c2ccc(C#N)cc2F)CC1. The van der Waals surface area contributed by atoms with Gasteiger partial charge in [-0.3, -0.25) is 4.79 Å². The van der Waals surface area contributed by atoms with Crippen LogP contribution in [-0.4, -0.2) is 56.6 Å². The average Bonchev–Trinajstić information content (AvgIpc) is 2.78. The van der Waals surface area contributed by atoms with Crippen molar-refractivity contribution in [2.75, 3.05) is 50.1 Å². The van der Waals surface area contributed by atoms with Gasteiger partial charge in [0.25, 0.3) is 5.91 Å². The lowest BCUT2D eigenvalue weighted by Crippen LogP contribution is -2.46. The summed E-state index contributed by atoms with van der Waals surface area (Å²) in [6.07, 6.45) is 0. The number of hydrogen-bond donors (Lipinski definition) is 1. The lowest BCUT2D eigenvalue weighted by molar-refractivity contribution is 0.0600. The van der Waals surface area contributed by atoms with Gasteiger partial charge < -0.3 is 19.9 Å². The Kier molecular flexibility index (Phi) is 6.65. The molecule has 0 aromatic heterocycles. The molecule has 1 aliphatic heterocycles. The van der Waals surface area contributed by atoms with E-state index in [0.717, 1.165) is 44.5 Å². The van der Waals surface area contributed by atoms with Crippen LogP contribution in [0.5, 0.6) is 0 Å². The third-order valence-corrected chi connectivity index (χ3v) is 5.17. The number of benzene rings is 2. The molecule has 8 heteroatoms. The number of esters is 1. The van der Waals surface area contributed by atoms with Crippen LogP contribution in [-0.2, 0) is 4.74 Å². The summed E-state index contributed by atoms with van der Waals surface area (Å²) in [6.45, 7) is 6.37. The summed E-state index contributed by atoms with van der Waals surface area (Å²) in [4.78, 5) is 29.2.